The van der Waals surface area contributed by atoms with E-state index in [0.29, 0.717) is 12.8 Å². The number of carbonyl (C=O) groups excluding carboxylic acids is 1. The molecule has 0 saturated carbocycles. The van der Waals surface area contributed by atoms with Crippen LogP contribution in [0.4, 0.5) is 0 Å². The highest BCUT2D eigenvalue weighted by Crippen LogP contribution is 2.23. The molecule has 0 saturated heterocycles. The van der Waals surface area contributed by atoms with E-state index in [9.17, 15) is 4.79 Å². The summed E-state index contributed by atoms with van der Waals surface area (Å²) in [4.78, 5) is 16.1. The number of nitrogens with two attached hydrogens (primary N) is 1. The number of imidazole rings is 1. The SMILES string of the molecule is Cc1ccc(-n2c(CCC(N)C(=O)NO)nc3ccccc32)cc1. The third-order valence-corrected chi connectivity index (χ3v) is 4.05. The Balaban J connectivity index is 1.99. The molecule has 1 heterocycles. The van der Waals surface area contributed by atoms with E-state index in [1.807, 2.05) is 43.3 Å². The van der Waals surface area contributed by atoms with Crippen LogP contribution >= 0.6 is 0 Å². The van der Waals surface area contributed by atoms with Crippen LogP contribution in [0.5, 0.6) is 0 Å². The van der Waals surface area contributed by atoms with E-state index in [4.69, 9.17) is 10.9 Å². The van der Waals surface area contributed by atoms with Crippen molar-refractivity contribution in [3.05, 3.63) is 59.9 Å². The van der Waals surface area contributed by atoms with Gasteiger partial charge in [0.2, 0.25) is 0 Å². The first-order valence-corrected chi connectivity index (χ1v) is 7.83. The van der Waals surface area contributed by atoms with Crippen molar-refractivity contribution in [2.45, 2.75) is 25.8 Å². The average molecular weight is 324 g/mol. The van der Waals surface area contributed by atoms with Gasteiger partial charge in [-0.3, -0.25) is 14.6 Å². The number of hydrogen-bond acceptors (Lipinski definition) is 4. The third kappa shape index (κ3) is 3.15. The lowest BCUT2D eigenvalue weighted by Crippen LogP contribution is -2.39. The lowest BCUT2D eigenvalue weighted by Gasteiger charge is -2.12. The molecule has 124 valence electrons. The van der Waals surface area contributed by atoms with Crippen LogP contribution in [0.15, 0.2) is 48.5 Å². The van der Waals surface area contributed by atoms with E-state index in [2.05, 4.69) is 21.7 Å². The van der Waals surface area contributed by atoms with Crippen molar-refractivity contribution in [3.8, 4) is 5.69 Å². The summed E-state index contributed by atoms with van der Waals surface area (Å²) in [5, 5.41) is 8.67. The Morgan fingerprint density at radius 3 is 2.67 bits per heavy atom. The maximum Gasteiger partial charge on any atom is 0.260 e. The quantitative estimate of drug-likeness (QED) is 0.495. The maximum atomic E-state index is 11.4. The number of amides is 1. The first kappa shape index (κ1) is 16.2. The molecule has 0 aliphatic rings. The van der Waals surface area contributed by atoms with E-state index in [1.54, 1.807) is 5.48 Å². The number of nitrogens with zero attached hydrogens (tertiary/aromatic N) is 2. The minimum Gasteiger partial charge on any atom is -0.320 e. The van der Waals surface area contributed by atoms with E-state index in [-0.39, 0.29) is 0 Å². The first-order valence-electron chi connectivity index (χ1n) is 7.83. The van der Waals surface area contributed by atoms with Gasteiger partial charge in [0.15, 0.2) is 0 Å². The molecule has 0 fully saturated rings. The van der Waals surface area contributed by atoms with Gasteiger partial charge in [-0.1, -0.05) is 29.8 Å². The van der Waals surface area contributed by atoms with Crippen LogP contribution in [0.25, 0.3) is 16.7 Å². The molecular weight excluding hydrogens is 304 g/mol. The zero-order chi connectivity index (χ0) is 17.1. The Morgan fingerprint density at radius 2 is 1.96 bits per heavy atom. The molecule has 3 rings (SSSR count). The van der Waals surface area contributed by atoms with Gasteiger partial charge < -0.3 is 5.73 Å². The Bertz CT molecular complexity index is 855. The summed E-state index contributed by atoms with van der Waals surface area (Å²) in [6.45, 7) is 2.04. The van der Waals surface area contributed by atoms with Gasteiger partial charge in [-0.05, 0) is 37.6 Å². The summed E-state index contributed by atoms with van der Waals surface area (Å²) in [5.41, 5.74) is 11.5. The molecule has 3 aromatic rings. The second-order valence-corrected chi connectivity index (χ2v) is 5.81. The summed E-state index contributed by atoms with van der Waals surface area (Å²) < 4.78 is 2.08. The monoisotopic (exact) mass is 324 g/mol. The number of aryl methyl sites for hydroxylation is 2. The Hall–Kier alpha value is -2.70. The Labute approximate surface area is 139 Å². The number of para-hydroxylation sites is 2. The highest BCUT2D eigenvalue weighted by atomic mass is 16.5. The fraction of sp³-hybridized carbons (Fsp3) is 0.222. The van der Waals surface area contributed by atoms with Gasteiger partial charge in [-0.2, -0.15) is 0 Å². The Kier molecular flexibility index (Phi) is 4.59. The zero-order valence-electron chi connectivity index (χ0n) is 13.4. The maximum absolute atomic E-state index is 11.4. The normalized spacial score (nSPS) is 12.3. The molecular formula is C18H20N4O2. The summed E-state index contributed by atoms with van der Waals surface area (Å²) in [5.74, 6) is 0.245. The predicted octanol–water partition coefficient (Wildman–Crippen LogP) is 2.10. The van der Waals surface area contributed by atoms with Crippen LogP contribution < -0.4 is 11.2 Å². The zero-order valence-corrected chi connectivity index (χ0v) is 13.4. The average Bonchev–Trinajstić information content (AvgIpc) is 2.98. The van der Waals surface area contributed by atoms with E-state index < -0.39 is 11.9 Å². The van der Waals surface area contributed by atoms with Crippen LogP contribution in [-0.2, 0) is 11.2 Å². The minimum atomic E-state index is -0.777. The lowest BCUT2D eigenvalue weighted by atomic mass is 10.1. The largest absolute Gasteiger partial charge is 0.320 e. The molecule has 6 heteroatoms. The molecule has 4 N–H and O–H groups in total. The molecule has 0 radical (unpaired) electrons. The van der Waals surface area contributed by atoms with Gasteiger partial charge in [-0.15, -0.1) is 0 Å². The first-order chi connectivity index (χ1) is 11.6. The molecule has 24 heavy (non-hydrogen) atoms. The second-order valence-electron chi connectivity index (χ2n) is 5.81. The number of hydroxylamine groups is 1. The van der Waals surface area contributed by atoms with Gasteiger partial charge in [0.1, 0.15) is 5.82 Å². The van der Waals surface area contributed by atoms with Gasteiger partial charge >= 0.3 is 0 Å². The molecule has 0 aliphatic carbocycles. The number of aromatic nitrogens is 2. The summed E-state index contributed by atoms with van der Waals surface area (Å²) >= 11 is 0. The van der Waals surface area contributed by atoms with Crippen LogP contribution in [-0.4, -0.2) is 26.7 Å². The molecule has 1 unspecified atom stereocenters. The standard InChI is InChI=1S/C18H20N4O2/c1-12-6-8-13(9-7-12)22-16-5-3-2-4-15(16)20-17(22)11-10-14(19)18(23)21-24/h2-9,14,24H,10-11,19H2,1H3,(H,21,23). The van der Waals surface area contributed by atoms with Crippen molar-refractivity contribution in [1.29, 1.82) is 0 Å². The van der Waals surface area contributed by atoms with Crippen LogP contribution in [0.1, 0.15) is 17.8 Å². The number of carbonyl (C=O) groups is 1. The molecule has 0 aliphatic heterocycles. The molecule has 1 amide bonds. The topological polar surface area (TPSA) is 93.2 Å². The molecule has 0 bridgehead atoms. The molecule has 0 spiro atoms. The van der Waals surface area contributed by atoms with Crippen molar-refractivity contribution < 1.29 is 10.0 Å². The van der Waals surface area contributed by atoms with Crippen molar-refractivity contribution in [2.75, 3.05) is 0 Å². The number of benzene rings is 2. The van der Waals surface area contributed by atoms with E-state index in [0.717, 1.165) is 22.5 Å². The van der Waals surface area contributed by atoms with Crippen molar-refractivity contribution >= 4 is 16.9 Å². The number of hydrogen-bond donors (Lipinski definition) is 3. The summed E-state index contributed by atoms with van der Waals surface area (Å²) in [6.07, 6.45) is 0.915. The number of nitrogens with one attached hydrogen (secondary N) is 1. The van der Waals surface area contributed by atoms with Crippen LogP contribution in [0, 0.1) is 6.92 Å². The molecule has 1 atom stereocenters. The molecule has 6 nitrogen and oxygen atoms in total. The van der Waals surface area contributed by atoms with Crippen LogP contribution in [0.3, 0.4) is 0 Å². The summed E-state index contributed by atoms with van der Waals surface area (Å²) in [6, 6.07) is 15.3. The highest BCUT2D eigenvalue weighted by Gasteiger charge is 2.16. The minimum absolute atomic E-state index is 0.390. The van der Waals surface area contributed by atoms with E-state index in [1.165, 1.54) is 5.56 Å². The highest BCUT2D eigenvalue weighted by molar-refractivity contribution is 5.80. The second kappa shape index (κ2) is 6.82. The smallest absolute Gasteiger partial charge is 0.260 e. The lowest BCUT2D eigenvalue weighted by molar-refractivity contribution is -0.130. The van der Waals surface area contributed by atoms with Crippen LogP contribution in [0.2, 0.25) is 0 Å². The number of fused-ring (bicyclic) bond motifs is 1. The summed E-state index contributed by atoms with van der Waals surface area (Å²) in [7, 11) is 0. The molecule has 1 aromatic heterocycles. The van der Waals surface area contributed by atoms with Gasteiger partial charge in [0.05, 0.1) is 17.1 Å². The number of rotatable bonds is 5. The van der Waals surface area contributed by atoms with E-state index >= 15 is 0 Å². The predicted molar refractivity (Wildman–Crippen MR) is 92.0 cm³/mol. The van der Waals surface area contributed by atoms with Gasteiger partial charge in [0, 0.05) is 12.1 Å². The van der Waals surface area contributed by atoms with Crippen molar-refractivity contribution in [1.82, 2.24) is 15.0 Å². The fourth-order valence-electron chi connectivity index (χ4n) is 2.72. The third-order valence-electron chi connectivity index (χ3n) is 4.05. The molecule has 2 aromatic carbocycles. The fourth-order valence-corrected chi connectivity index (χ4v) is 2.72. The van der Waals surface area contributed by atoms with Crippen molar-refractivity contribution in [2.24, 2.45) is 5.73 Å². The van der Waals surface area contributed by atoms with Gasteiger partial charge in [-0.25, -0.2) is 10.5 Å². The Morgan fingerprint density at radius 1 is 1.25 bits per heavy atom. The van der Waals surface area contributed by atoms with Crippen molar-refractivity contribution in [3.63, 3.8) is 0 Å². The van der Waals surface area contributed by atoms with Gasteiger partial charge in [0.25, 0.3) is 5.91 Å².